The number of likely N-dealkylation sites (tertiary alicyclic amines) is 1. The molecule has 120 valence electrons. The normalized spacial score (nSPS) is 21.6. The fraction of sp³-hybridized carbons (Fsp3) is 1.00. The predicted molar refractivity (Wildman–Crippen MR) is 89.3 cm³/mol. The second kappa shape index (κ2) is 8.35. The zero-order valence-electron chi connectivity index (χ0n) is 14.7. The van der Waals surface area contributed by atoms with Crippen molar-refractivity contribution in [2.24, 2.45) is 11.3 Å². The van der Waals surface area contributed by atoms with Gasteiger partial charge in [-0.3, -0.25) is 0 Å². The fourth-order valence-corrected chi connectivity index (χ4v) is 3.13. The van der Waals surface area contributed by atoms with Crippen molar-refractivity contribution in [3.8, 4) is 0 Å². The molecule has 0 radical (unpaired) electrons. The van der Waals surface area contributed by atoms with Crippen molar-refractivity contribution in [3.63, 3.8) is 0 Å². The van der Waals surface area contributed by atoms with Crippen LogP contribution in [0.4, 0.5) is 0 Å². The van der Waals surface area contributed by atoms with E-state index in [0.29, 0.717) is 11.5 Å². The Labute approximate surface area is 127 Å². The topological polar surface area (TPSA) is 18.5 Å². The van der Waals surface area contributed by atoms with Crippen molar-refractivity contribution in [1.82, 2.24) is 15.1 Å². The Balaban J connectivity index is 2.36. The van der Waals surface area contributed by atoms with Crippen molar-refractivity contribution >= 4 is 0 Å². The maximum Gasteiger partial charge on any atom is 0.00474 e. The highest BCUT2D eigenvalue weighted by atomic mass is 15.1. The van der Waals surface area contributed by atoms with Gasteiger partial charge in [0.15, 0.2) is 0 Å². The summed E-state index contributed by atoms with van der Waals surface area (Å²) in [7, 11) is 4.39. The van der Waals surface area contributed by atoms with Gasteiger partial charge in [0.25, 0.3) is 0 Å². The van der Waals surface area contributed by atoms with Gasteiger partial charge in [-0.1, -0.05) is 27.7 Å². The zero-order chi connectivity index (χ0) is 15.2. The lowest BCUT2D eigenvalue weighted by atomic mass is 9.85. The summed E-state index contributed by atoms with van der Waals surface area (Å²) < 4.78 is 0. The molecule has 1 rings (SSSR count). The first kappa shape index (κ1) is 17.9. The van der Waals surface area contributed by atoms with Gasteiger partial charge in [-0.15, -0.1) is 0 Å². The van der Waals surface area contributed by atoms with E-state index < -0.39 is 0 Å². The molecule has 0 amide bonds. The molecule has 1 N–H and O–H groups in total. The van der Waals surface area contributed by atoms with Crippen LogP contribution in [0.25, 0.3) is 0 Å². The SMILES string of the molecule is CCC(C)(CNC(C)C)CN1CCC(CN(C)C)CC1. The van der Waals surface area contributed by atoms with Gasteiger partial charge in [0.2, 0.25) is 0 Å². The van der Waals surface area contributed by atoms with Crippen molar-refractivity contribution in [3.05, 3.63) is 0 Å². The van der Waals surface area contributed by atoms with Gasteiger partial charge in [0.05, 0.1) is 0 Å². The largest absolute Gasteiger partial charge is 0.314 e. The minimum atomic E-state index is 0.415. The van der Waals surface area contributed by atoms with Crippen molar-refractivity contribution in [1.29, 1.82) is 0 Å². The number of hydrogen-bond acceptors (Lipinski definition) is 3. The first-order valence-corrected chi connectivity index (χ1v) is 8.45. The van der Waals surface area contributed by atoms with Crippen molar-refractivity contribution in [2.45, 2.75) is 53.0 Å². The van der Waals surface area contributed by atoms with Gasteiger partial charge in [-0.05, 0) is 57.8 Å². The molecule has 3 heteroatoms. The van der Waals surface area contributed by atoms with Gasteiger partial charge < -0.3 is 15.1 Å². The van der Waals surface area contributed by atoms with E-state index in [4.69, 9.17) is 0 Å². The first-order valence-electron chi connectivity index (χ1n) is 8.45. The van der Waals surface area contributed by atoms with E-state index in [1.807, 2.05) is 0 Å². The maximum absolute atomic E-state index is 3.63. The van der Waals surface area contributed by atoms with E-state index in [-0.39, 0.29) is 0 Å². The minimum absolute atomic E-state index is 0.415. The summed E-state index contributed by atoms with van der Waals surface area (Å²) in [6, 6.07) is 0.590. The average molecular weight is 284 g/mol. The van der Waals surface area contributed by atoms with Crippen LogP contribution in [-0.2, 0) is 0 Å². The Hall–Kier alpha value is -0.120. The standard InChI is InChI=1S/C17H37N3/c1-7-17(4,13-18-15(2)3)14-20-10-8-16(9-11-20)12-19(5)6/h15-16,18H,7-14H2,1-6H3. The molecule has 20 heavy (non-hydrogen) atoms. The molecule has 0 bridgehead atoms. The Kier molecular flexibility index (Phi) is 7.49. The number of hydrogen-bond donors (Lipinski definition) is 1. The van der Waals surface area contributed by atoms with Crippen LogP contribution in [0.5, 0.6) is 0 Å². The van der Waals surface area contributed by atoms with E-state index in [2.05, 4.69) is 56.9 Å². The summed E-state index contributed by atoms with van der Waals surface area (Å²) in [6.45, 7) is 15.5. The summed E-state index contributed by atoms with van der Waals surface area (Å²) >= 11 is 0. The number of nitrogens with one attached hydrogen (secondary N) is 1. The van der Waals surface area contributed by atoms with E-state index in [0.717, 1.165) is 12.5 Å². The summed E-state index contributed by atoms with van der Waals surface area (Å²) in [5.74, 6) is 0.905. The van der Waals surface area contributed by atoms with Gasteiger partial charge >= 0.3 is 0 Å². The van der Waals surface area contributed by atoms with Crippen molar-refractivity contribution in [2.75, 3.05) is 46.8 Å². The summed E-state index contributed by atoms with van der Waals surface area (Å²) in [5, 5.41) is 3.63. The lowest BCUT2D eigenvalue weighted by Gasteiger charge is -2.39. The Bertz CT molecular complexity index is 257. The quantitative estimate of drug-likeness (QED) is 0.739. The molecule has 1 unspecified atom stereocenters. The van der Waals surface area contributed by atoms with E-state index in [1.54, 1.807) is 0 Å². The molecule has 0 aliphatic carbocycles. The third-order valence-corrected chi connectivity index (χ3v) is 4.73. The van der Waals surface area contributed by atoms with Crippen LogP contribution < -0.4 is 5.32 Å². The molecule has 0 aromatic rings. The lowest BCUT2D eigenvalue weighted by Crippen LogP contribution is -2.46. The van der Waals surface area contributed by atoms with Crippen LogP contribution >= 0.6 is 0 Å². The highest BCUT2D eigenvalue weighted by Gasteiger charge is 2.28. The molecule has 1 saturated heterocycles. The van der Waals surface area contributed by atoms with Gasteiger partial charge in [0, 0.05) is 25.7 Å². The number of rotatable bonds is 8. The monoisotopic (exact) mass is 283 g/mol. The fourth-order valence-electron chi connectivity index (χ4n) is 3.13. The Morgan fingerprint density at radius 1 is 1.25 bits per heavy atom. The molecule has 0 aromatic heterocycles. The minimum Gasteiger partial charge on any atom is -0.314 e. The highest BCUT2D eigenvalue weighted by molar-refractivity contribution is 4.83. The van der Waals surface area contributed by atoms with Crippen LogP contribution in [0, 0.1) is 11.3 Å². The van der Waals surface area contributed by atoms with Crippen molar-refractivity contribution < 1.29 is 0 Å². The van der Waals surface area contributed by atoms with Crippen LogP contribution in [0.15, 0.2) is 0 Å². The number of nitrogens with zero attached hydrogens (tertiary/aromatic N) is 2. The van der Waals surface area contributed by atoms with Crippen LogP contribution in [0.3, 0.4) is 0 Å². The molecular formula is C17H37N3. The molecule has 1 aliphatic rings. The maximum atomic E-state index is 3.63. The van der Waals surface area contributed by atoms with Gasteiger partial charge in [-0.2, -0.15) is 0 Å². The highest BCUT2D eigenvalue weighted by Crippen LogP contribution is 2.25. The summed E-state index contributed by atoms with van der Waals surface area (Å²) in [4.78, 5) is 5.03. The molecule has 1 atom stereocenters. The summed E-state index contributed by atoms with van der Waals surface area (Å²) in [5.41, 5.74) is 0.415. The number of piperidine rings is 1. The van der Waals surface area contributed by atoms with E-state index in [1.165, 1.54) is 45.4 Å². The second-order valence-corrected chi connectivity index (χ2v) is 7.68. The van der Waals surface area contributed by atoms with Crippen LogP contribution in [0.1, 0.15) is 47.0 Å². The first-order chi connectivity index (χ1) is 9.34. The summed E-state index contributed by atoms with van der Waals surface area (Å²) in [6.07, 6.45) is 4.00. The molecule has 1 aliphatic heterocycles. The molecule has 0 aromatic carbocycles. The Morgan fingerprint density at radius 3 is 2.30 bits per heavy atom. The van der Waals surface area contributed by atoms with Gasteiger partial charge in [0.1, 0.15) is 0 Å². The van der Waals surface area contributed by atoms with E-state index in [9.17, 15) is 0 Å². The lowest BCUT2D eigenvalue weighted by molar-refractivity contribution is 0.105. The third kappa shape index (κ3) is 6.55. The van der Waals surface area contributed by atoms with Crippen LogP contribution in [-0.4, -0.2) is 62.7 Å². The second-order valence-electron chi connectivity index (χ2n) is 7.68. The molecule has 0 saturated carbocycles. The van der Waals surface area contributed by atoms with Crippen LogP contribution in [0.2, 0.25) is 0 Å². The van der Waals surface area contributed by atoms with Gasteiger partial charge in [-0.25, -0.2) is 0 Å². The molecule has 1 fully saturated rings. The molecular weight excluding hydrogens is 246 g/mol. The average Bonchev–Trinajstić information content (AvgIpc) is 2.38. The van der Waals surface area contributed by atoms with E-state index >= 15 is 0 Å². The smallest absolute Gasteiger partial charge is 0.00474 e. The molecule has 1 heterocycles. The molecule has 0 spiro atoms. The predicted octanol–water partition coefficient (Wildman–Crippen LogP) is 2.67. The third-order valence-electron chi connectivity index (χ3n) is 4.73. The zero-order valence-corrected chi connectivity index (χ0v) is 14.7. The molecule has 3 nitrogen and oxygen atoms in total. The Morgan fingerprint density at radius 2 is 1.85 bits per heavy atom.